The Morgan fingerprint density at radius 2 is 1.75 bits per heavy atom. The van der Waals surface area contributed by atoms with Gasteiger partial charge >= 0.3 is 6.18 Å². The largest absolute Gasteiger partial charge is 0.497 e. The maximum absolute atomic E-state index is 13.2. The highest BCUT2D eigenvalue weighted by Gasteiger charge is 2.37. The topological polar surface area (TPSA) is 105 Å². The Labute approximate surface area is 233 Å². The van der Waals surface area contributed by atoms with Gasteiger partial charge in [0.15, 0.2) is 9.84 Å². The number of methoxy groups -OCH3 is 1. The fourth-order valence-corrected chi connectivity index (χ4v) is 6.67. The van der Waals surface area contributed by atoms with Crippen LogP contribution in [0.2, 0.25) is 0 Å². The summed E-state index contributed by atoms with van der Waals surface area (Å²) in [4.78, 5) is 27.8. The van der Waals surface area contributed by atoms with Crippen LogP contribution in [-0.4, -0.2) is 63.2 Å². The van der Waals surface area contributed by atoms with Crippen molar-refractivity contribution in [3.8, 4) is 5.75 Å². The van der Waals surface area contributed by atoms with Crippen LogP contribution in [0.15, 0.2) is 53.4 Å². The van der Waals surface area contributed by atoms with E-state index < -0.39 is 51.8 Å². The minimum Gasteiger partial charge on any atom is -0.497 e. The van der Waals surface area contributed by atoms with Crippen LogP contribution in [0.1, 0.15) is 45.1 Å². The van der Waals surface area contributed by atoms with Crippen LogP contribution in [0.25, 0.3) is 0 Å². The molecule has 0 saturated heterocycles. The number of hydrogen-bond donors (Lipinski definition) is 2. The van der Waals surface area contributed by atoms with E-state index in [2.05, 4.69) is 29.4 Å². The Bertz CT molecular complexity index is 1290. The molecule has 3 unspecified atom stereocenters. The lowest BCUT2D eigenvalue weighted by Crippen LogP contribution is -2.51. The summed E-state index contributed by atoms with van der Waals surface area (Å²) < 4.78 is 70.9. The molecule has 0 spiro atoms. The Hall–Kier alpha value is -3.12. The third-order valence-corrected chi connectivity index (χ3v) is 9.16. The number of halogens is 3. The number of alkyl halides is 3. The minimum atomic E-state index is -4.65. The summed E-state index contributed by atoms with van der Waals surface area (Å²) in [6.45, 7) is 4.12. The molecule has 3 rings (SSSR count). The number of nitrogens with one attached hydrogen (secondary N) is 2. The van der Waals surface area contributed by atoms with Crippen LogP contribution >= 0.6 is 0 Å². The standard InChI is InChI=1S/C28H36F3N3O5S/c1-18(2)34(3)22-10-11-25(19(12-22)17-40(37,38)24-8-6-5-7-9-24)33-27(36)16-26(35)32-21-13-20(28(29,30)31)14-23(15-21)39-4/h5-9,13-15,18-19,22,25H,10-12,16-17H2,1-4H3,(H,32,35)(H,33,36). The maximum Gasteiger partial charge on any atom is 0.416 e. The quantitative estimate of drug-likeness (QED) is 0.399. The zero-order valence-corrected chi connectivity index (χ0v) is 23.8. The number of sulfone groups is 1. The lowest BCUT2D eigenvalue weighted by atomic mass is 9.81. The third kappa shape index (κ3) is 8.44. The van der Waals surface area contributed by atoms with Crippen molar-refractivity contribution in [2.24, 2.45) is 5.92 Å². The first-order valence-corrected chi connectivity index (χ1v) is 14.7. The van der Waals surface area contributed by atoms with E-state index in [-0.39, 0.29) is 34.2 Å². The number of benzene rings is 2. The van der Waals surface area contributed by atoms with Crippen LogP contribution in [0, 0.1) is 5.92 Å². The summed E-state index contributed by atoms with van der Waals surface area (Å²) in [6, 6.07) is 10.8. The van der Waals surface area contributed by atoms with E-state index in [1.54, 1.807) is 18.2 Å². The first kappa shape index (κ1) is 31.4. The normalized spacial score (nSPS) is 19.9. The molecule has 0 aliphatic heterocycles. The number of ether oxygens (including phenoxy) is 1. The van der Waals surface area contributed by atoms with Crippen molar-refractivity contribution in [1.82, 2.24) is 10.2 Å². The molecule has 1 fully saturated rings. The van der Waals surface area contributed by atoms with Gasteiger partial charge in [-0.1, -0.05) is 18.2 Å². The predicted octanol–water partition coefficient (Wildman–Crippen LogP) is 4.51. The molecule has 2 N–H and O–H groups in total. The second-order valence-corrected chi connectivity index (χ2v) is 12.5. The lowest BCUT2D eigenvalue weighted by Gasteiger charge is -2.41. The van der Waals surface area contributed by atoms with E-state index in [1.165, 1.54) is 25.3 Å². The molecule has 2 amide bonds. The van der Waals surface area contributed by atoms with E-state index in [4.69, 9.17) is 4.74 Å². The summed E-state index contributed by atoms with van der Waals surface area (Å²) in [7, 11) is -0.442. The molecular formula is C28H36F3N3O5S. The first-order chi connectivity index (χ1) is 18.7. The number of carbonyl (C=O) groups excluding carboxylic acids is 2. The molecule has 2 aromatic rings. The molecule has 1 aliphatic rings. The molecule has 0 aromatic heterocycles. The average molecular weight is 584 g/mol. The van der Waals surface area contributed by atoms with E-state index in [0.29, 0.717) is 12.8 Å². The van der Waals surface area contributed by atoms with Gasteiger partial charge in [-0.15, -0.1) is 0 Å². The summed E-state index contributed by atoms with van der Waals surface area (Å²) in [5.41, 5.74) is -1.16. The molecule has 40 heavy (non-hydrogen) atoms. The van der Waals surface area contributed by atoms with Crippen LogP contribution in [0.3, 0.4) is 0 Å². The molecule has 2 aromatic carbocycles. The van der Waals surface area contributed by atoms with Crippen LogP contribution in [0.5, 0.6) is 5.75 Å². The summed E-state index contributed by atoms with van der Waals surface area (Å²) >= 11 is 0. The van der Waals surface area contributed by atoms with E-state index in [1.807, 2.05) is 7.05 Å². The molecule has 12 heteroatoms. The smallest absolute Gasteiger partial charge is 0.416 e. The van der Waals surface area contributed by atoms with Gasteiger partial charge in [-0.2, -0.15) is 13.2 Å². The summed E-state index contributed by atoms with van der Waals surface area (Å²) in [5.74, 6) is -2.11. The Balaban J connectivity index is 1.71. The summed E-state index contributed by atoms with van der Waals surface area (Å²) in [5, 5.41) is 5.14. The van der Waals surface area contributed by atoms with Crippen molar-refractivity contribution in [3.63, 3.8) is 0 Å². The van der Waals surface area contributed by atoms with Crippen LogP contribution in [0.4, 0.5) is 18.9 Å². The van der Waals surface area contributed by atoms with Gasteiger partial charge in [-0.3, -0.25) is 9.59 Å². The van der Waals surface area contributed by atoms with Crippen molar-refractivity contribution in [2.75, 3.05) is 25.2 Å². The zero-order valence-electron chi connectivity index (χ0n) is 23.0. The maximum atomic E-state index is 13.2. The molecule has 1 aliphatic carbocycles. The van der Waals surface area contributed by atoms with Gasteiger partial charge in [0.05, 0.1) is 23.3 Å². The molecule has 8 nitrogen and oxygen atoms in total. The van der Waals surface area contributed by atoms with Gasteiger partial charge in [0, 0.05) is 29.9 Å². The Morgan fingerprint density at radius 1 is 1.07 bits per heavy atom. The van der Waals surface area contributed by atoms with Crippen LogP contribution < -0.4 is 15.4 Å². The van der Waals surface area contributed by atoms with Crippen LogP contribution in [-0.2, 0) is 25.6 Å². The number of hydrogen-bond acceptors (Lipinski definition) is 6. The fourth-order valence-electron chi connectivity index (χ4n) is 4.97. The van der Waals surface area contributed by atoms with Crippen molar-refractivity contribution in [3.05, 3.63) is 54.1 Å². The molecule has 0 radical (unpaired) electrons. The Morgan fingerprint density at radius 3 is 2.35 bits per heavy atom. The number of carbonyl (C=O) groups is 2. The average Bonchev–Trinajstić information content (AvgIpc) is 2.88. The van der Waals surface area contributed by atoms with Gasteiger partial charge in [-0.05, 0) is 70.3 Å². The van der Waals surface area contributed by atoms with Crippen molar-refractivity contribution < 1.29 is 35.9 Å². The van der Waals surface area contributed by atoms with Gasteiger partial charge in [0.25, 0.3) is 0 Å². The highest BCUT2D eigenvalue weighted by molar-refractivity contribution is 7.91. The minimum absolute atomic E-state index is 0.0971. The van der Waals surface area contributed by atoms with Crippen molar-refractivity contribution >= 4 is 27.3 Å². The number of amides is 2. The van der Waals surface area contributed by atoms with Gasteiger partial charge in [-0.25, -0.2) is 8.42 Å². The van der Waals surface area contributed by atoms with E-state index in [9.17, 15) is 31.2 Å². The predicted molar refractivity (Wildman–Crippen MR) is 146 cm³/mol. The second-order valence-electron chi connectivity index (χ2n) is 10.4. The SMILES string of the molecule is COc1cc(NC(=O)CC(=O)NC2CCC(N(C)C(C)C)CC2CS(=O)(=O)c2ccccc2)cc(C(F)(F)F)c1. The number of rotatable bonds is 10. The lowest BCUT2D eigenvalue weighted by molar-refractivity contribution is -0.137. The van der Waals surface area contributed by atoms with Crippen molar-refractivity contribution in [1.29, 1.82) is 0 Å². The van der Waals surface area contributed by atoms with Gasteiger partial charge < -0.3 is 20.3 Å². The fraction of sp³-hybridized carbons (Fsp3) is 0.500. The van der Waals surface area contributed by atoms with Gasteiger partial charge in [0.1, 0.15) is 12.2 Å². The highest BCUT2D eigenvalue weighted by Crippen LogP contribution is 2.34. The molecule has 0 heterocycles. The molecule has 3 atom stereocenters. The second kappa shape index (κ2) is 13.0. The highest BCUT2D eigenvalue weighted by atomic mass is 32.2. The monoisotopic (exact) mass is 583 g/mol. The molecular weight excluding hydrogens is 547 g/mol. The molecule has 0 bridgehead atoms. The van der Waals surface area contributed by atoms with E-state index in [0.717, 1.165) is 18.6 Å². The molecule has 220 valence electrons. The van der Waals surface area contributed by atoms with E-state index >= 15 is 0 Å². The third-order valence-electron chi connectivity index (χ3n) is 7.30. The Kier molecular flexibility index (Phi) is 10.2. The number of nitrogens with zero attached hydrogens (tertiary/aromatic N) is 1. The van der Waals surface area contributed by atoms with Crippen molar-refractivity contribution in [2.45, 2.75) is 68.7 Å². The zero-order chi connectivity index (χ0) is 29.7. The molecule has 1 saturated carbocycles. The first-order valence-electron chi connectivity index (χ1n) is 13.0. The van der Waals surface area contributed by atoms with Gasteiger partial charge in [0.2, 0.25) is 11.8 Å². The summed E-state index contributed by atoms with van der Waals surface area (Å²) in [6.07, 6.45) is -3.49. The number of anilines is 1.